The molecule has 2 aliphatic rings. The van der Waals surface area contributed by atoms with Crippen LogP contribution in [0.15, 0.2) is 48.5 Å². The molecule has 1 saturated heterocycles. The second-order valence-corrected chi connectivity index (χ2v) is 8.20. The highest BCUT2D eigenvalue weighted by Gasteiger charge is 2.25. The van der Waals surface area contributed by atoms with Crippen molar-refractivity contribution in [2.24, 2.45) is 5.92 Å². The number of aliphatic carboxylic acids is 1. The van der Waals surface area contributed by atoms with Crippen molar-refractivity contribution in [1.82, 2.24) is 4.90 Å². The first kappa shape index (κ1) is 21.6. The van der Waals surface area contributed by atoms with Crippen LogP contribution in [-0.2, 0) is 17.6 Å². The molecule has 3 nitrogen and oxygen atoms in total. The van der Waals surface area contributed by atoms with E-state index in [2.05, 4.69) is 60.4 Å². The number of aryl methyl sites for hydroxylation is 3. The van der Waals surface area contributed by atoms with Gasteiger partial charge in [-0.3, -0.25) is 4.79 Å². The Morgan fingerprint density at radius 3 is 2.69 bits per heavy atom. The van der Waals surface area contributed by atoms with Crippen molar-refractivity contribution in [1.29, 1.82) is 0 Å². The average Bonchev–Trinajstić information content (AvgIpc) is 2.85. The molecule has 0 spiro atoms. The zero-order valence-electron chi connectivity index (χ0n) is 17.1. The fraction of sp³-hybridized carbons (Fsp3) is 0.400. The number of carboxylic acids is 1. The number of carbonyl (C=O) groups is 1. The molecule has 0 saturated carbocycles. The Morgan fingerprint density at radius 1 is 1.14 bits per heavy atom. The fourth-order valence-electron chi connectivity index (χ4n) is 4.65. The molecule has 1 aliphatic heterocycles. The molecule has 154 valence electrons. The third-order valence-electron chi connectivity index (χ3n) is 6.18. The van der Waals surface area contributed by atoms with Crippen molar-refractivity contribution in [3.63, 3.8) is 0 Å². The molecular formula is C25H30ClNO2. The molecule has 2 aromatic carbocycles. The Morgan fingerprint density at radius 2 is 1.90 bits per heavy atom. The van der Waals surface area contributed by atoms with Crippen LogP contribution in [0.1, 0.15) is 47.1 Å². The highest BCUT2D eigenvalue weighted by atomic mass is 35.5. The van der Waals surface area contributed by atoms with Gasteiger partial charge in [0.1, 0.15) is 0 Å². The molecule has 1 fully saturated rings. The normalized spacial score (nSPS) is 20.3. The number of carboxylic acid groups (broad SMARTS) is 1. The van der Waals surface area contributed by atoms with E-state index in [0.29, 0.717) is 6.54 Å². The van der Waals surface area contributed by atoms with E-state index < -0.39 is 5.97 Å². The lowest BCUT2D eigenvalue weighted by Gasteiger charge is -2.30. The van der Waals surface area contributed by atoms with Gasteiger partial charge >= 0.3 is 5.97 Å². The molecule has 4 heteroatoms. The molecular weight excluding hydrogens is 382 g/mol. The number of hydrogen-bond acceptors (Lipinski definition) is 2. The Hall–Kier alpha value is -2.10. The minimum atomic E-state index is -0.648. The van der Waals surface area contributed by atoms with E-state index in [-0.39, 0.29) is 18.3 Å². The van der Waals surface area contributed by atoms with E-state index in [9.17, 15) is 9.90 Å². The van der Waals surface area contributed by atoms with Gasteiger partial charge in [0.25, 0.3) is 0 Å². The van der Waals surface area contributed by atoms with Gasteiger partial charge in [0.2, 0.25) is 0 Å². The zero-order chi connectivity index (χ0) is 19.5. The highest BCUT2D eigenvalue weighted by molar-refractivity contribution is 5.85. The van der Waals surface area contributed by atoms with E-state index in [1.165, 1.54) is 33.4 Å². The number of fused-ring (bicyclic) bond motifs is 2. The van der Waals surface area contributed by atoms with Gasteiger partial charge in [-0.25, -0.2) is 0 Å². The van der Waals surface area contributed by atoms with E-state index in [4.69, 9.17) is 0 Å². The minimum absolute atomic E-state index is 0. The molecule has 29 heavy (non-hydrogen) atoms. The summed E-state index contributed by atoms with van der Waals surface area (Å²) >= 11 is 0. The van der Waals surface area contributed by atoms with Gasteiger partial charge < -0.3 is 10.0 Å². The Kier molecular flexibility index (Phi) is 7.15. The lowest BCUT2D eigenvalue weighted by atomic mass is 9.92. The number of piperidine rings is 1. The smallest absolute Gasteiger partial charge is 0.307 e. The fourth-order valence-corrected chi connectivity index (χ4v) is 4.65. The molecule has 0 bridgehead atoms. The molecule has 2 aromatic rings. The van der Waals surface area contributed by atoms with Crippen LogP contribution in [0, 0.1) is 12.8 Å². The standard InChI is InChI=1S/C25H29NO2.ClH/c1-18-10-11-20-13-12-19-6-2-3-8-22(19)23(24(20)16-18)9-5-15-26-14-4-7-21(17-26)25(27)28;/h2-3,6,8-11,16,21H,4-5,7,12-15,17H2,1H3,(H,27,28);1H/t21-;/m1./s1. The highest BCUT2D eigenvalue weighted by Crippen LogP contribution is 2.34. The monoisotopic (exact) mass is 411 g/mol. The summed E-state index contributed by atoms with van der Waals surface area (Å²) in [6, 6.07) is 15.6. The van der Waals surface area contributed by atoms with Crippen LogP contribution < -0.4 is 0 Å². The summed E-state index contributed by atoms with van der Waals surface area (Å²) in [4.78, 5) is 13.6. The summed E-state index contributed by atoms with van der Waals surface area (Å²) in [5, 5.41) is 9.32. The second-order valence-electron chi connectivity index (χ2n) is 8.20. The predicted molar refractivity (Wildman–Crippen MR) is 121 cm³/mol. The third kappa shape index (κ3) is 4.91. The average molecular weight is 412 g/mol. The lowest BCUT2D eigenvalue weighted by molar-refractivity contribution is -0.143. The van der Waals surface area contributed by atoms with Crippen LogP contribution in [-0.4, -0.2) is 35.6 Å². The Bertz CT molecular complexity index is 905. The van der Waals surface area contributed by atoms with Crippen molar-refractivity contribution < 1.29 is 9.90 Å². The van der Waals surface area contributed by atoms with Gasteiger partial charge in [0.15, 0.2) is 0 Å². The number of hydrogen-bond donors (Lipinski definition) is 1. The van der Waals surface area contributed by atoms with Crippen molar-refractivity contribution in [3.8, 4) is 0 Å². The summed E-state index contributed by atoms with van der Waals surface area (Å²) in [7, 11) is 0. The van der Waals surface area contributed by atoms with Crippen LogP contribution >= 0.6 is 12.4 Å². The van der Waals surface area contributed by atoms with Crippen LogP contribution in [0.25, 0.3) is 5.57 Å². The van der Waals surface area contributed by atoms with Gasteiger partial charge in [0, 0.05) is 13.1 Å². The molecule has 1 aliphatic carbocycles. The molecule has 1 atom stereocenters. The first-order valence-corrected chi connectivity index (χ1v) is 10.5. The predicted octanol–water partition coefficient (Wildman–Crippen LogP) is 5.13. The number of rotatable bonds is 4. The largest absolute Gasteiger partial charge is 0.481 e. The van der Waals surface area contributed by atoms with E-state index in [1.54, 1.807) is 0 Å². The van der Waals surface area contributed by atoms with Crippen LogP contribution in [0.2, 0.25) is 0 Å². The van der Waals surface area contributed by atoms with Gasteiger partial charge in [0.05, 0.1) is 5.92 Å². The summed E-state index contributed by atoms with van der Waals surface area (Å²) in [6.07, 6.45) is 7.29. The first-order chi connectivity index (χ1) is 13.6. The summed E-state index contributed by atoms with van der Waals surface area (Å²) < 4.78 is 0. The van der Waals surface area contributed by atoms with Crippen molar-refractivity contribution in [2.45, 2.75) is 39.0 Å². The number of halogens is 1. The second kappa shape index (κ2) is 9.60. The first-order valence-electron chi connectivity index (χ1n) is 10.5. The Balaban J connectivity index is 0.00000240. The molecule has 0 radical (unpaired) electrons. The van der Waals surface area contributed by atoms with Crippen LogP contribution in [0.4, 0.5) is 0 Å². The molecule has 0 unspecified atom stereocenters. The molecule has 1 heterocycles. The zero-order valence-corrected chi connectivity index (χ0v) is 17.9. The summed E-state index contributed by atoms with van der Waals surface area (Å²) in [6.45, 7) is 4.79. The topological polar surface area (TPSA) is 40.5 Å². The van der Waals surface area contributed by atoms with Gasteiger partial charge in [-0.05, 0) is 73.4 Å². The quantitative estimate of drug-likeness (QED) is 0.757. The Labute approximate surface area is 179 Å². The number of likely N-dealkylation sites (tertiary alicyclic amines) is 1. The lowest BCUT2D eigenvalue weighted by Crippen LogP contribution is -2.39. The summed E-state index contributed by atoms with van der Waals surface area (Å²) in [5.41, 5.74) is 8.22. The van der Waals surface area contributed by atoms with Gasteiger partial charge in [-0.15, -0.1) is 12.4 Å². The van der Waals surface area contributed by atoms with E-state index in [0.717, 1.165) is 45.2 Å². The van der Waals surface area contributed by atoms with Crippen molar-refractivity contribution in [2.75, 3.05) is 19.6 Å². The van der Waals surface area contributed by atoms with Gasteiger partial charge in [-0.2, -0.15) is 0 Å². The summed E-state index contributed by atoms with van der Waals surface area (Å²) in [5.74, 6) is -0.853. The van der Waals surface area contributed by atoms with E-state index >= 15 is 0 Å². The maximum Gasteiger partial charge on any atom is 0.307 e. The third-order valence-corrected chi connectivity index (χ3v) is 6.18. The number of benzene rings is 2. The molecule has 1 N–H and O–H groups in total. The van der Waals surface area contributed by atoms with Crippen LogP contribution in [0.5, 0.6) is 0 Å². The maximum absolute atomic E-state index is 11.3. The van der Waals surface area contributed by atoms with Gasteiger partial charge in [-0.1, -0.05) is 54.1 Å². The molecule has 0 amide bonds. The van der Waals surface area contributed by atoms with Crippen molar-refractivity contribution >= 4 is 23.9 Å². The van der Waals surface area contributed by atoms with Crippen LogP contribution in [0.3, 0.4) is 0 Å². The molecule has 4 rings (SSSR count). The number of nitrogens with zero attached hydrogens (tertiary/aromatic N) is 1. The van der Waals surface area contributed by atoms with Crippen molar-refractivity contribution in [3.05, 3.63) is 76.4 Å². The minimum Gasteiger partial charge on any atom is -0.481 e. The molecule has 0 aromatic heterocycles. The maximum atomic E-state index is 11.3. The van der Waals surface area contributed by atoms with E-state index in [1.807, 2.05) is 0 Å². The SMILES string of the molecule is Cc1ccc2c(c1)C(=CCCN1CCC[C@@H](C(=O)O)C1)c1ccccc1CC2.Cl.